The molecule has 0 radical (unpaired) electrons. The number of carbonyl (C=O) groups is 2. The van der Waals surface area contributed by atoms with E-state index in [0.717, 1.165) is 37.9 Å². The van der Waals surface area contributed by atoms with Gasteiger partial charge in [0.2, 0.25) is 11.8 Å². The molecule has 136 valence electrons. The molecule has 0 aliphatic carbocycles. The van der Waals surface area contributed by atoms with Crippen LogP contribution in [0.1, 0.15) is 31.2 Å². The number of piperidine rings is 2. The third-order valence-electron chi connectivity index (χ3n) is 5.45. The van der Waals surface area contributed by atoms with E-state index in [9.17, 15) is 14.0 Å². The van der Waals surface area contributed by atoms with Crippen LogP contribution in [0, 0.1) is 17.7 Å². The van der Waals surface area contributed by atoms with Gasteiger partial charge in [0.05, 0.1) is 6.04 Å². The van der Waals surface area contributed by atoms with E-state index >= 15 is 0 Å². The van der Waals surface area contributed by atoms with Gasteiger partial charge in [-0.05, 0) is 55.3 Å². The van der Waals surface area contributed by atoms with Crippen molar-refractivity contribution in [1.82, 2.24) is 15.5 Å². The maximum Gasteiger partial charge on any atom is 0.237 e. The summed E-state index contributed by atoms with van der Waals surface area (Å²) < 4.78 is 13.2. The van der Waals surface area contributed by atoms with Crippen molar-refractivity contribution in [2.45, 2.75) is 38.3 Å². The van der Waals surface area contributed by atoms with Crippen LogP contribution in [0.4, 0.5) is 4.39 Å². The Labute approximate surface area is 148 Å². The minimum atomic E-state index is -0.290. The van der Waals surface area contributed by atoms with Gasteiger partial charge in [-0.25, -0.2) is 4.39 Å². The molecule has 2 saturated heterocycles. The van der Waals surface area contributed by atoms with E-state index in [-0.39, 0.29) is 23.7 Å². The summed E-state index contributed by atoms with van der Waals surface area (Å²) in [4.78, 5) is 25.7. The molecule has 2 aliphatic heterocycles. The molecule has 5 nitrogen and oxygen atoms in total. The summed E-state index contributed by atoms with van der Waals surface area (Å²) in [6.45, 7) is 1.97. The Morgan fingerprint density at radius 2 is 2.16 bits per heavy atom. The van der Waals surface area contributed by atoms with Gasteiger partial charge < -0.3 is 15.5 Å². The number of hydrogen-bond donors (Lipinski definition) is 2. The quantitative estimate of drug-likeness (QED) is 0.871. The largest absolute Gasteiger partial charge is 0.351 e. The summed E-state index contributed by atoms with van der Waals surface area (Å²) in [5, 5.41) is 6.23. The topological polar surface area (TPSA) is 61.4 Å². The van der Waals surface area contributed by atoms with E-state index < -0.39 is 0 Å². The number of nitrogens with one attached hydrogen (secondary N) is 2. The molecule has 2 aliphatic rings. The van der Waals surface area contributed by atoms with Gasteiger partial charge in [0.15, 0.2) is 0 Å². The highest BCUT2D eigenvalue weighted by Crippen LogP contribution is 2.29. The number of carbonyl (C=O) groups excluding carboxylic acids is 2. The molecular weight excluding hydrogens is 321 g/mol. The minimum absolute atomic E-state index is 0.0290. The molecule has 1 aromatic rings. The molecule has 1 aromatic carbocycles. The lowest BCUT2D eigenvalue weighted by molar-refractivity contribution is -0.134. The van der Waals surface area contributed by atoms with Crippen molar-refractivity contribution in [3.8, 4) is 0 Å². The van der Waals surface area contributed by atoms with Crippen LogP contribution in [0.2, 0.25) is 0 Å². The average Bonchev–Trinajstić information content (AvgIpc) is 2.62. The number of rotatable bonds is 4. The molecule has 2 heterocycles. The molecule has 6 heteroatoms. The summed E-state index contributed by atoms with van der Waals surface area (Å²) in [6, 6.07) is 6.09. The lowest BCUT2D eigenvalue weighted by Crippen LogP contribution is -2.51. The fraction of sp³-hybridized carbons (Fsp3) is 0.579. The number of likely N-dealkylation sites (tertiary alicyclic amines) is 1. The molecular formula is C19H26FN3O2. The van der Waals surface area contributed by atoms with Crippen molar-refractivity contribution in [3.63, 3.8) is 0 Å². The second-order valence-electron chi connectivity index (χ2n) is 7.22. The third kappa shape index (κ3) is 4.57. The molecule has 0 aromatic heterocycles. The Morgan fingerprint density at radius 1 is 1.32 bits per heavy atom. The molecule has 25 heavy (non-hydrogen) atoms. The highest BCUT2D eigenvalue weighted by molar-refractivity contribution is 5.81. The molecule has 2 N–H and O–H groups in total. The Morgan fingerprint density at radius 3 is 2.84 bits per heavy atom. The van der Waals surface area contributed by atoms with Crippen LogP contribution in [0.25, 0.3) is 0 Å². The van der Waals surface area contributed by atoms with E-state index in [4.69, 9.17) is 0 Å². The molecule has 3 unspecified atom stereocenters. The molecule has 0 saturated carbocycles. The number of halogens is 1. The van der Waals surface area contributed by atoms with Crippen molar-refractivity contribution in [2.75, 3.05) is 20.1 Å². The fourth-order valence-electron chi connectivity index (χ4n) is 3.89. The van der Waals surface area contributed by atoms with Crippen LogP contribution in [0.5, 0.6) is 0 Å². The second-order valence-corrected chi connectivity index (χ2v) is 7.22. The lowest BCUT2D eigenvalue weighted by atomic mass is 9.79. The smallest absolute Gasteiger partial charge is 0.237 e. The minimum Gasteiger partial charge on any atom is -0.351 e. The Hall–Kier alpha value is -1.95. The van der Waals surface area contributed by atoms with Crippen LogP contribution in [-0.2, 0) is 16.1 Å². The molecule has 0 spiro atoms. The summed E-state index contributed by atoms with van der Waals surface area (Å²) in [5.41, 5.74) is 0.761. The standard InChI is InChI=1S/C19H26FN3O2/c1-23-12-15(6-8-18(23)24)14-5-7-17(21-11-14)19(25)22-10-13-3-2-4-16(20)9-13/h2-4,9,14-15,17,21H,5-8,10-12H2,1H3,(H,22,25). The first-order valence-electron chi connectivity index (χ1n) is 9.02. The number of benzene rings is 1. The van der Waals surface area contributed by atoms with Crippen molar-refractivity contribution in [2.24, 2.45) is 11.8 Å². The predicted molar refractivity (Wildman–Crippen MR) is 93.1 cm³/mol. The van der Waals surface area contributed by atoms with Gasteiger partial charge in [0.1, 0.15) is 5.82 Å². The van der Waals surface area contributed by atoms with Crippen molar-refractivity contribution in [3.05, 3.63) is 35.6 Å². The van der Waals surface area contributed by atoms with Crippen LogP contribution >= 0.6 is 0 Å². The normalized spacial score (nSPS) is 27.2. The Kier molecular flexibility index (Phi) is 5.68. The van der Waals surface area contributed by atoms with Crippen LogP contribution < -0.4 is 10.6 Å². The average molecular weight is 347 g/mol. The van der Waals surface area contributed by atoms with E-state index in [2.05, 4.69) is 10.6 Å². The molecule has 3 atom stereocenters. The van der Waals surface area contributed by atoms with Gasteiger partial charge in [0, 0.05) is 26.6 Å². The summed E-state index contributed by atoms with van der Waals surface area (Å²) in [7, 11) is 1.87. The van der Waals surface area contributed by atoms with Gasteiger partial charge in [-0.3, -0.25) is 9.59 Å². The van der Waals surface area contributed by atoms with Crippen molar-refractivity contribution >= 4 is 11.8 Å². The molecule has 3 rings (SSSR count). The molecule has 2 fully saturated rings. The van der Waals surface area contributed by atoms with Gasteiger partial charge in [0.25, 0.3) is 0 Å². The molecule has 2 amide bonds. The fourth-order valence-corrected chi connectivity index (χ4v) is 3.89. The zero-order chi connectivity index (χ0) is 17.8. The number of amides is 2. The Bertz CT molecular complexity index is 629. The SMILES string of the molecule is CN1CC(C2CCC(C(=O)NCc3cccc(F)c3)NC2)CCC1=O. The first-order chi connectivity index (χ1) is 12.0. The van der Waals surface area contributed by atoms with Gasteiger partial charge in [-0.1, -0.05) is 12.1 Å². The monoisotopic (exact) mass is 347 g/mol. The lowest BCUT2D eigenvalue weighted by Gasteiger charge is -2.38. The van der Waals surface area contributed by atoms with Crippen molar-refractivity contribution < 1.29 is 14.0 Å². The number of hydrogen-bond acceptors (Lipinski definition) is 3. The number of nitrogens with zero attached hydrogens (tertiary/aromatic N) is 1. The van der Waals surface area contributed by atoms with E-state index in [1.165, 1.54) is 12.1 Å². The van der Waals surface area contributed by atoms with Gasteiger partial charge >= 0.3 is 0 Å². The van der Waals surface area contributed by atoms with E-state index in [1.54, 1.807) is 12.1 Å². The Balaban J connectivity index is 1.44. The van der Waals surface area contributed by atoms with E-state index in [0.29, 0.717) is 24.8 Å². The molecule has 0 bridgehead atoms. The first kappa shape index (κ1) is 17.9. The highest BCUT2D eigenvalue weighted by Gasteiger charge is 2.33. The zero-order valence-corrected chi connectivity index (χ0v) is 14.6. The van der Waals surface area contributed by atoms with Gasteiger partial charge in [-0.2, -0.15) is 0 Å². The predicted octanol–water partition coefficient (Wildman–Crippen LogP) is 1.68. The summed E-state index contributed by atoms with van der Waals surface area (Å²) in [5.74, 6) is 0.948. The summed E-state index contributed by atoms with van der Waals surface area (Å²) in [6.07, 6.45) is 3.38. The van der Waals surface area contributed by atoms with Crippen LogP contribution in [-0.4, -0.2) is 42.9 Å². The maximum absolute atomic E-state index is 13.2. The third-order valence-corrected chi connectivity index (χ3v) is 5.45. The first-order valence-corrected chi connectivity index (χ1v) is 9.02. The van der Waals surface area contributed by atoms with Crippen LogP contribution in [0.15, 0.2) is 24.3 Å². The zero-order valence-electron chi connectivity index (χ0n) is 14.6. The maximum atomic E-state index is 13.2. The summed E-state index contributed by atoms with van der Waals surface area (Å²) >= 11 is 0. The second kappa shape index (κ2) is 7.95. The van der Waals surface area contributed by atoms with Gasteiger partial charge in [-0.15, -0.1) is 0 Å². The van der Waals surface area contributed by atoms with Crippen molar-refractivity contribution in [1.29, 1.82) is 0 Å². The van der Waals surface area contributed by atoms with Crippen LogP contribution in [0.3, 0.4) is 0 Å². The highest BCUT2D eigenvalue weighted by atomic mass is 19.1. The van der Waals surface area contributed by atoms with E-state index in [1.807, 2.05) is 11.9 Å².